The van der Waals surface area contributed by atoms with E-state index in [1.54, 1.807) is 0 Å². The van der Waals surface area contributed by atoms with Gasteiger partial charge in [-0.3, -0.25) is 0 Å². The van der Waals surface area contributed by atoms with Crippen molar-refractivity contribution < 1.29 is 5.11 Å². The van der Waals surface area contributed by atoms with Gasteiger partial charge in [-0.2, -0.15) is 0 Å². The summed E-state index contributed by atoms with van der Waals surface area (Å²) >= 11 is 0. The van der Waals surface area contributed by atoms with Gasteiger partial charge in [0.2, 0.25) is 0 Å². The maximum Gasteiger partial charge on any atom is 0.112 e. The lowest BCUT2D eigenvalue weighted by Crippen LogP contribution is -2.25. The summed E-state index contributed by atoms with van der Waals surface area (Å²) in [7, 11) is 0. The molecule has 0 amide bonds. The maximum atomic E-state index is 9.87. The third-order valence-corrected chi connectivity index (χ3v) is 3.42. The molecule has 0 aromatic carbocycles. The van der Waals surface area contributed by atoms with E-state index in [0.717, 1.165) is 31.6 Å². The number of allylic oxidation sites excluding steroid dienone is 1. The van der Waals surface area contributed by atoms with Gasteiger partial charge in [-0.25, -0.2) is 4.98 Å². The summed E-state index contributed by atoms with van der Waals surface area (Å²) in [6.45, 7) is 7.51. The van der Waals surface area contributed by atoms with E-state index < -0.39 is 0 Å². The van der Waals surface area contributed by atoms with Crippen LogP contribution in [0.3, 0.4) is 0 Å². The fraction of sp³-hybridized carbons (Fsp3) is 0.643. The Kier molecular flexibility index (Phi) is 3.38. The molecule has 0 fully saturated rings. The van der Waals surface area contributed by atoms with Crippen molar-refractivity contribution in [2.24, 2.45) is 5.41 Å². The standard InChI is InChI=1S/C14H22N2O/c1-4-16-6-5-15-13(16)8-11-7-12(17)10-14(2,3)9-11/h5-7,12,17H,4,8-10H2,1-3H3. The van der Waals surface area contributed by atoms with Crippen LogP contribution in [0, 0.1) is 5.41 Å². The normalized spacial score (nSPS) is 23.5. The van der Waals surface area contributed by atoms with E-state index in [-0.39, 0.29) is 11.5 Å². The number of aliphatic hydroxyl groups is 1. The molecule has 1 heterocycles. The summed E-state index contributed by atoms with van der Waals surface area (Å²) in [5.41, 5.74) is 1.52. The molecule has 17 heavy (non-hydrogen) atoms. The minimum absolute atomic E-state index is 0.202. The Labute approximate surface area is 103 Å². The molecule has 1 atom stereocenters. The lowest BCUT2D eigenvalue weighted by atomic mass is 9.75. The molecule has 0 saturated heterocycles. The second kappa shape index (κ2) is 4.65. The number of imidazole rings is 1. The van der Waals surface area contributed by atoms with E-state index in [2.05, 4.69) is 30.3 Å². The first-order valence-corrected chi connectivity index (χ1v) is 6.38. The van der Waals surface area contributed by atoms with Crippen LogP contribution in [0.25, 0.3) is 0 Å². The molecule has 3 nitrogen and oxygen atoms in total. The zero-order valence-electron chi connectivity index (χ0n) is 11.0. The first-order valence-electron chi connectivity index (χ1n) is 6.38. The Morgan fingerprint density at radius 3 is 2.94 bits per heavy atom. The van der Waals surface area contributed by atoms with Crippen molar-refractivity contribution in [3.8, 4) is 0 Å². The van der Waals surface area contributed by atoms with Crippen molar-refractivity contribution in [3.63, 3.8) is 0 Å². The maximum absolute atomic E-state index is 9.87. The molecule has 0 bridgehead atoms. The second-order valence-corrected chi connectivity index (χ2v) is 5.74. The van der Waals surface area contributed by atoms with Crippen molar-refractivity contribution in [1.29, 1.82) is 0 Å². The van der Waals surface area contributed by atoms with E-state index in [4.69, 9.17) is 0 Å². The number of hydrogen-bond acceptors (Lipinski definition) is 2. The highest BCUT2D eigenvalue weighted by molar-refractivity contribution is 5.17. The average Bonchev–Trinajstić information content (AvgIpc) is 2.61. The highest BCUT2D eigenvalue weighted by Gasteiger charge is 2.27. The zero-order chi connectivity index (χ0) is 12.5. The van der Waals surface area contributed by atoms with Crippen molar-refractivity contribution in [2.75, 3.05) is 0 Å². The minimum atomic E-state index is -0.293. The molecule has 1 unspecified atom stereocenters. The first-order chi connectivity index (χ1) is 8.00. The number of nitrogens with zero attached hydrogens (tertiary/aromatic N) is 2. The van der Waals surface area contributed by atoms with Gasteiger partial charge >= 0.3 is 0 Å². The highest BCUT2D eigenvalue weighted by Crippen LogP contribution is 2.36. The van der Waals surface area contributed by atoms with Gasteiger partial charge in [0.25, 0.3) is 0 Å². The SMILES string of the molecule is CCn1ccnc1CC1=CC(O)CC(C)(C)C1. The summed E-state index contributed by atoms with van der Waals surface area (Å²) < 4.78 is 2.16. The van der Waals surface area contributed by atoms with Crippen LogP contribution in [0.5, 0.6) is 0 Å². The summed E-state index contributed by atoms with van der Waals surface area (Å²) in [5.74, 6) is 1.10. The third kappa shape index (κ3) is 2.97. The summed E-state index contributed by atoms with van der Waals surface area (Å²) in [6.07, 6.45) is 8.36. The molecule has 0 radical (unpaired) electrons. The number of aromatic nitrogens is 2. The Bertz CT molecular complexity index is 418. The Balaban J connectivity index is 2.14. The van der Waals surface area contributed by atoms with Crippen LogP contribution in [0.4, 0.5) is 0 Å². The predicted octanol–water partition coefficient (Wildman–Crippen LogP) is 2.55. The van der Waals surface area contributed by atoms with Gasteiger partial charge < -0.3 is 9.67 Å². The van der Waals surface area contributed by atoms with Crippen molar-refractivity contribution in [3.05, 3.63) is 29.9 Å². The van der Waals surface area contributed by atoms with Crippen LogP contribution in [-0.2, 0) is 13.0 Å². The fourth-order valence-corrected chi connectivity index (χ4v) is 2.76. The van der Waals surface area contributed by atoms with E-state index >= 15 is 0 Å². The molecule has 1 aromatic rings. The van der Waals surface area contributed by atoms with E-state index in [1.165, 1.54) is 5.57 Å². The molecule has 1 aliphatic rings. The van der Waals surface area contributed by atoms with E-state index in [1.807, 2.05) is 18.5 Å². The molecular weight excluding hydrogens is 212 g/mol. The van der Waals surface area contributed by atoms with Gasteiger partial charge in [-0.1, -0.05) is 25.5 Å². The molecule has 94 valence electrons. The van der Waals surface area contributed by atoms with Crippen molar-refractivity contribution in [1.82, 2.24) is 9.55 Å². The zero-order valence-corrected chi connectivity index (χ0v) is 11.0. The Morgan fingerprint density at radius 1 is 1.53 bits per heavy atom. The summed E-state index contributed by atoms with van der Waals surface area (Å²) in [5, 5.41) is 9.87. The summed E-state index contributed by atoms with van der Waals surface area (Å²) in [4.78, 5) is 4.39. The van der Waals surface area contributed by atoms with E-state index in [9.17, 15) is 5.11 Å². The molecule has 3 heteroatoms. The van der Waals surface area contributed by atoms with Crippen LogP contribution >= 0.6 is 0 Å². The lowest BCUT2D eigenvalue weighted by molar-refractivity contribution is 0.138. The van der Waals surface area contributed by atoms with Gasteiger partial charge in [0.1, 0.15) is 5.82 Å². The Hall–Kier alpha value is -1.09. The Morgan fingerprint density at radius 2 is 2.29 bits per heavy atom. The quantitative estimate of drug-likeness (QED) is 0.816. The molecule has 0 spiro atoms. The van der Waals surface area contributed by atoms with Gasteiger partial charge in [-0.15, -0.1) is 0 Å². The third-order valence-electron chi connectivity index (χ3n) is 3.42. The van der Waals surface area contributed by atoms with Crippen LogP contribution in [0.1, 0.15) is 39.4 Å². The number of aryl methyl sites for hydroxylation is 1. The molecular formula is C14H22N2O. The number of aliphatic hydroxyl groups excluding tert-OH is 1. The van der Waals surface area contributed by atoms with Gasteiger partial charge in [0.05, 0.1) is 6.10 Å². The second-order valence-electron chi connectivity index (χ2n) is 5.74. The topological polar surface area (TPSA) is 38.0 Å². The lowest BCUT2D eigenvalue weighted by Gasteiger charge is -2.32. The molecule has 0 aliphatic heterocycles. The van der Waals surface area contributed by atoms with Gasteiger partial charge in [0.15, 0.2) is 0 Å². The number of hydrogen-bond donors (Lipinski definition) is 1. The number of rotatable bonds is 3. The largest absolute Gasteiger partial charge is 0.389 e. The molecule has 0 saturated carbocycles. The van der Waals surface area contributed by atoms with Crippen LogP contribution in [0.15, 0.2) is 24.0 Å². The van der Waals surface area contributed by atoms with Gasteiger partial charge in [0, 0.05) is 25.4 Å². The molecule has 1 aliphatic carbocycles. The smallest absolute Gasteiger partial charge is 0.112 e. The van der Waals surface area contributed by atoms with Crippen LogP contribution < -0.4 is 0 Å². The van der Waals surface area contributed by atoms with Crippen LogP contribution in [0.2, 0.25) is 0 Å². The first kappa shape index (κ1) is 12.4. The van der Waals surface area contributed by atoms with E-state index in [0.29, 0.717) is 0 Å². The van der Waals surface area contributed by atoms with Gasteiger partial charge in [-0.05, 0) is 25.2 Å². The highest BCUT2D eigenvalue weighted by atomic mass is 16.3. The summed E-state index contributed by atoms with van der Waals surface area (Å²) in [6, 6.07) is 0. The molecule has 1 aromatic heterocycles. The predicted molar refractivity (Wildman–Crippen MR) is 68.7 cm³/mol. The monoisotopic (exact) mass is 234 g/mol. The van der Waals surface area contributed by atoms with Crippen molar-refractivity contribution in [2.45, 2.75) is 52.7 Å². The molecule has 2 rings (SSSR count). The van der Waals surface area contributed by atoms with Crippen LogP contribution in [-0.4, -0.2) is 20.8 Å². The fourth-order valence-electron chi connectivity index (χ4n) is 2.76. The average molecular weight is 234 g/mol. The molecule has 1 N–H and O–H groups in total. The van der Waals surface area contributed by atoms with Crippen molar-refractivity contribution >= 4 is 0 Å². The minimum Gasteiger partial charge on any atom is -0.389 e.